The number of thiocarbonyl (C=S) groups is 1. The van der Waals surface area contributed by atoms with Gasteiger partial charge in [0.1, 0.15) is 0 Å². The number of nitrogens with one attached hydrogen (secondary N) is 2. The first-order valence-corrected chi connectivity index (χ1v) is 10.5. The molecule has 0 heterocycles. The third-order valence-corrected chi connectivity index (χ3v) is 7.61. The summed E-state index contributed by atoms with van der Waals surface area (Å²) in [5.74, 6) is 2.97. The second-order valence-electron chi connectivity index (χ2n) is 9.09. The van der Waals surface area contributed by atoms with Crippen molar-refractivity contribution in [2.75, 3.05) is 5.32 Å². The first-order chi connectivity index (χ1) is 12.0. The van der Waals surface area contributed by atoms with Gasteiger partial charge in [-0.3, -0.25) is 0 Å². The fourth-order valence-electron chi connectivity index (χ4n) is 6.50. The van der Waals surface area contributed by atoms with E-state index in [1.807, 2.05) is 0 Å². The molecular weight excluding hydrogens is 324 g/mol. The molecule has 1 atom stereocenters. The van der Waals surface area contributed by atoms with Crippen LogP contribution in [0.2, 0.25) is 0 Å². The summed E-state index contributed by atoms with van der Waals surface area (Å²) >= 11 is 5.71. The van der Waals surface area contributed by atoms with Crippen LogP contribution in [0, 0.1) is 37.0 Å². The van der Waals surface area contributed by atoms with E-state index in [0.717, 1.165) is 28.6 Å². The Morgan fingerprint density at radius 2 is 1.72 bits per heavy atom. The molecule has 0 aliphatic heterocycles. The quantitative estimate of drug-likeness (QED) is 0.688. The Morgan fingerprint density at radius 1 is 1.12 bits per heavy atom. The van der Waals surface area contributed by atoms with Crippen molar-refractivity contribution >= 4 is 23.0 Å². The monoisotopic (exact) mass is 356 g/mol. The van der Waals surface area contributed by atoms with E-state index in [0.29, 0.717) is 11.5 Å². The van der Waals surface area contributed by atoms with Crippen LogP contribution >= 0.6 is 12.2 Å². The average Bonchev–Trinajstić information content (AvgIpc) is 2.55. The minimum atomic E-state index is 0.497. The van der Waals surface area contributed by atoms with E-state index in [1.165, 1.54) is 56.1 Å². The zero-order valence-corrected chi connectivity index (χ0v) is 16.7. The number of hydrogen-bond donors (Lipinski definition) is 2. The minimum Gasteiger partial charge on any atom is -0.359 e. The van der Waals surface area contributed by atoms with Crippen molar-refractivity contribution in [1.82, 2.24) is 5.32 Å². The average molecular weight is 357 g/mol. The molecule has 25 heavy (non-hydrogen) atoms. The zero-order valence-electron chi connectivity index (χ0n) is 15.9. The fourth-order valence-corrected chi connectivity index (χ4v) is 6.75. The minimum absolute atomic E-state index is 0.497. The number of benzene rings is 1. The smallest absolute Gasteiger partial charge is 0.171 e. The fraction of sp³-hybridized carbons (Fsp3) is 0.682. The lowest BCUT2D eigenvalue weighted by atomic mass is 9.47. The van der Waals surface area contributed by atoms with E-state index in [9.17, 15) is 0 Å². The third-order valence-electron chi connectivity index (χ3n) is 7.39. The van der Waals surface area contributed by atoms with Crippen molar-refractivity contribution in [2.24, 2.45) is 23.2 Å². The maximum Gasteiger partial charge on any atom is 0.171 e. The lowest BCUT2D eigenvalue weighted by Gasteiger charge is -2.59. The summed E-state index contributed by atoms with van der Waals surface area (Å²) in [5.41, 5.74) is 4.23. The van der Waals surface area contributed by atoms with Crippen LogP contribution in [0.1, 0.15) is 63.0 Å². The first-order valence-electron chi connectivity index (χ1n) is 10.1. The van der Waals surface area contributed by atoms with Gasteiger partial charge in [0.2, 0.25) is 0 Å². The Labute approximate surface area is 158 Å². The summed E-state index contributed by atoms with van der Waals surface area (Å²) in [5, 5.41) is 8.01. The lowest BCUT2D eigenvalue weighted by Crippen LogP contribution is -2.57. The Bertz CT molecular complexity index is 631. The molecule has 2 nitrogen and oxygen atoms in total. The van der Waals surface area contributed by atoms with E-state index in [4.69, 9.17) is 12.2 Å². The topological polar surface area (TPSA) is 24.1 Å². The van der Waals surface area contributed by atoms with Gasteiger partial charge in [0.05, 0.1) is 0 Å². The molecule has 0 amide bonds. The van der Waals surface area contributed by atoms with Gasteiger partial charge in [-0.1, -0.05) is 19.1 Å². The summed E-state index contributed by atoms with van der Waals surface area (Å²) in [6.45, 7) is 6.65. The maximum atomic E-state index is 5.71. The van der Waals surface area contributed by atoms with Crippen molar-refractivity contribution in [3.05, 3.63) is 29.3 Å². The van der Waals surface area contributed by atoms with Gasteiger partial charge >= 0.3 is 0 Å². The van der Waals surface area contributed by atoms with Crippen LogP contribution in [0.15, 0.2) is 18.2 Å². The van der Waals surface area contributed by atoms with Crippen LogP contribution in [0.25, 0.3) is 0 Å². The first kappa shape index (κ1) is 17.3. The molecule has 4 saturated carbocycles. The standard InChI is InChI=1S/C22H32N2S/c1-4-20(22-11-16-8-17(12-22)10-18(9-16)13-22)24-21(25)23-19-7-5-6-14(2)15(19)3/h5-7,16-18,20H,4,8-13H2,1-3H3,(H2,23,24,25). The van der Waals surface area contributed by atoms with Gasteiger partial charge in [-0.2, -0.15) is 0 Å². The normalized spacial score (nSPS) is 34.0. The summed E-state index contributed by atoms with van der Waals surface area (Å²) in [7, 11) is 0. The molecule has 0 aromatic heterocycles. The zero-order chi connectivity index (χ0) is 17.6. The number of anilines is 1. The van der Waals surface area contributed by atoms with Gasteiger partial charge < -0.3 is 10.6 Å². The molecule has 4 bridgehead atoms. The molecular formula is C22H32N2S. The Kier molecular flexibility index (Phi) is 4.56. The summed E-state index contributed by atoms with van der Waals surface area (Å²) < 4.78 is 0. The van der Waals surface area contributed by atoms with Gasteiger partial charge in [0.15, 0.2) is 5.11 Å². The predicted octanol–water partition coefficient (Wildman–Crippen LogP) is 5.58. The van der Waals surface area contributed by atoms with Crippen LogP contribution in [0.4, 0.5) is 5.69 Å². The highest BCUT2D eigenvalue weighted by atomic mass is 32.1. The van der Waals surface area contributed by atoms with E-state index in [-0.39, 0.29) is 0 Å². The second kappa shape index (κ2) is 6.57. The SMILES string of the molecule is CCC(NC(=S)Nc1cccc(C)c1C)C12CC3CC(CC(C3)C1)C2. The molecule has 4 fully saturated rings. The Hall–Kier alpha value is -1.09. The van der Waals surface area contributed by atoms with Crippen molar-refractivity contribution in [3.8, 4) is 0 Å². The van der Waals surface area contributed by atoms with E-state index < -0.39 is 0 Å². The summed E-state index contributed by atoms with van der Waals surface area (Å²) in [4.78, 5) is 0. The highest BCUT2D eigenvalue weighted by molar-refractivity contribution is 7.80. The maximum absolute atomic E-state index is 5.71. The Morgan fingerprint density at radius 3 is 2.28 bits per heavy atom. The van der Waals surface area contributed by atoms with E-state index >= 15 is 0 Å². The van der Waals surface area contributed by atoms with E-state index in [1.54, 1.807) is 0 Å². The Balaban J connectivity index is 1.47. The number of rotatable bonds is 4. The summed E-state index contributed by atoms with van der Waals surface area (Å²) in [6.07, 6.45) is 9.95. The van der Waals surface area contributed by atoms with Gasteiger partial charge in [-0.15, -0.1) is 0 Å². The summed E-state index contributed by atoms with van der Waals surface area (Å²) in [6, 6.07) is 6.90. The molecule has 136 valence electrons. The second-order valence-corrected chi connectivity index (χ2v) is 9.49. The third kappa shape index (κ3) is 3.20. The van der Waals surface area contributed by atoms with Crippen LogP contribution in [0.3, 0.4) is 0 Å². The van der Waals surface area contributed by atoms with Crippen molar-refractivity contribution in [3.63, 3.8) is 0 Å². The molecule has 5 rings (SSSR count). The molecule has 1 aromatic carbocycles. The van der Waals surface area contributed by atoms with Crippen molar-refractivity contribution < 1.29 is 0 Å². The molecule has 0 radical (unpaired) electrons. The van der Waals surface area contributed by atoms with Crippen molar-refractivity contribution in [1.29, 1.82) is 0 Å². The predicted molar refractivity (Wildman–Crippen MR) is 110 cm³/mol. The van der Waals surface area contributed by atoms with E-state index in [2.05, 4.69) is 49.6 Å². The molecule has 0 spiro atoms. The van der Waals surface area contributed by atoms with Crippen molar-refractivity contribution in [2.45, 2.75) is 71.8 Å². The highest BCUT2D eigenvalue weighted by Gasteiger charge is 2.53. The molecule has 2 N–H and O–H groups in total. The number of aryl methyl sites for hydroxylation is 1. The van der Waals surface area contributed by atoms with Crippen LogP contribution in [-0.4, -0.2) is 11.2 Å². The van der Waals surface area contributed by atoms with Gasteiger partial charge in [-0.05, 0) is 111 Å². The lowest BCUT2D eigenvalue weighted by molar-refractivity contribution is -0.0709. The van der Waals surface area contributed by atoms with Gasteiger partial charge in [-0.25, -0.2) is 0 Å². The van der Waals surface area contributed by atoms with Crippen LogP contribution in [-0.2, 0) is 0 Å². The molecule has 1 aromatic rings. The molecule has 0 saturated heterocycles. The van der Waals surface area contributed by atoms with Crippen LogP contribution < -0.4 is 10.6 Å². The molecule has 1 unspecified atom stereocenters. The van der Waals surface area contributed by atoms with Gasteiger partial charge in [0.25, 0.3) is 0 Å². The number of hydrogen-bond acceptors (Lipinski definition) is 1. The molecule has 4 aliphatic carbocycles. The molecule has 4 aliphatic rings. The van der Waals surface area contributed by atoms with Crippen LogP contribution in [0.5, 0.6) is 0 Å². The van der Waals surface area contributed by atoms with Gasteiger partial charge in [0, 0.05) is 11.7 Å². The highest BCUT2D eigenvalue weighted by Crippen LogP contribution is 2.61. The molecule has 3 heteroatoms. The largest absolute Gasteiger partial charge is 0.359 e.